The maximum absolute atomic E-state index is 11.6. The second kappa shape index (κ2) is 9.85. The number of carbonyl (C=O) groups is 2. The first-order chi connectivity index (χ1) is 13.3. The van der Waals surface area contributed by atoms with E-state index in [1.807, 2.05) is 0 Å². The number of benzene rings is 2. The average Bonchev–Trinajstić information content (AvgIpc) is 2.65. The number of carbonyl (C=O) groups excluding carboxylic acids is 1. The molecular formula is C20H23ClN2O5. The minimum Gasteiger partial charge on any atom is -0.493 e. The topological polar surface area (TPSA) is 79.3 Å². The highest BCUT2D eigenvalue weighted by Gasteiger charge is 2.21. The second-order valence-corrected chi connectivity index (χ2v) is 6.77. The van der Waals surface area contributed by atoms with Gasteiger partial charge in [0.2, 0.25) is 0 Å². The fourth-order valence-electron chi connectivity index (χ4n) is 2.51. The van der Waals surface area contributed by atoms with Gasteiger partial charge in [-0.1, -0.05) is 29.8 Å². The van der Waals surface area contributed by atoms with Crippen molar-refractivity contribution in [3.8, 4) is 11.5 Å². The number of carboxylic acid groups (broad SMARTS) is 1. The third kappa shape index (κ3) is 6.06. The monoisotopic (exact) mass is 406 g/mol. The van der Waals surface area contributed by atoms with E-state index in [1.165, 1.54) is 16.8 Å². The minimum atomic E-state index is -1.05. The molecule has 0 aliphatic carbocycles. The SMILES string of the molecule is CN(C)C(=O)Oc1ccc([C@@H](CCOc2cccc(Cl)c2)N(C)C(=O)O)cc1. The molecule has 1 N–H and O–H groups in total. The summed E-state index contributed by atoms with van der Waals surface area (Å²) in [4.78, 5) is 25.6. The Balaban J connectivity index is 2.07. The van der Waals surface area contributed by atoms with E-state index in [0.717, 1.165) is 5.56 Å². The van der Waals surface area contributed by atoms with Crippen molar-refractivity contribution in [2.75, 3.05) is 27.7 Å². The number of ether oxygens (including phenoxy) is 2. The molecule has 0 saturated heterocycles. The molecule has 7 nitrogen and oxygen atoms in total. The van der Waals surface area contributed by atoms with Crippen molar-refractivity contribution < 1.29 is 24.2 Å². The molecule has 2 aromatic rings. The maximum Gasteiger partial charge on any atom is 0.414 e. The molecule has 0 saturated carbocycles. The molecule has 0 heterocycles. The van der Waals surface area contributed by atoms with Crippen LogP contribution in [0.5, 0.6) is 11.5 Å². The Morgan fingerprint density at radius 2 is 1.75 bits per heavy atom. The fraction of sp³-hybridized carbons (Fsp3) is 0.300. The van der Waals surface area contributed by atoms with Crippen LogP contribution in [0.15, 0.2) is 48.5 Å². The van der Waals surface area contributed by atoms with Gasteiger partial charge in [0.1, 0.15) is 11.5 Å². The lowest BCUT2D eigenvalue weighted by molar-refractivity contribution is 0.130. The Labute approximate surface area is 169 Å². The van der Waals surface area contributed by atoms with Gasteiger partial charge in [0.25, 0.3) is 0 Å². The number of amides is 2. The van der Waals surface area contributed by atoms with Crippen molar-refractivity contribution in [2.45, 2.75) is 12.5 Å². The Morgan fingerprint density at radius 3 is 2.32 bits per heavy atom. The lowest BCUT2D eigenvalue weighted by Crippen LogP contribution is -2.31. The van der Waals surface area contributed by atoms with Gasteiger partial charge in [0.05, 0.1) is 12.6 Å². The van der Waals surface area contributed by atoms with Crippen LogP contribution in [-0.2, 0) is 0 Å². The summed E-state index contributed by atoms with van der Waals surface area (Å²) < 4.78 is 10.9. The predicted octanol–water partition coefficient (Wildman–Crippen LogP) is 4.52. The lowest BCUT2D eigenvalue weighted by atomic mass is 10.0. The molecule has 28 heavy (non-hydrogen) atoms. The molecule has 0 aliphatic heterocycles. The van der Waals surface area contributed by atoms with Gasteiger partial charge < -0.3 is 24.4 Å². The van der Waals surface area contributed by atoms with Gasteiger partial charge in [-0.2, -0.15) is 0 Å². The Bertz CT molecular complexity index is 810. The molecule has 2 rings (SSSR count). The van der Waals surface area contributed by atoms with E-state index >= 15 is 0 Å². The Kier molecular flexibility index (Phi) is 7.52. The van der Waals surface area contributed by atoms with Gasteiger partial charge in [-0.3, -0.25) is 0 Å². The quantitative estimate of drug-likeness (QED) is 0.731. The number of nitrogens with zero attached hydrogens (tertiary/aromatic N) is 2. The highest BCUT2D eigenvalue weighted by Crippen LogP contribution is 2.26. The van der Waals surface area contributed by atoms with Crippen molar-refractivity contribution >= 4 is 23.8 Å². The standard InChI is InChI=1S/C20H23ClN2O5/c1-22(2)20(26)28-16-9-7-14(8-10-16)18(23(3)19(24)25)11-12-27-17-6-4-5-15(21)13-17/h4-10,13,18H,11-12H2,1-3H3,(H,24,25)/t18-/m1/s1. The number of halogens is 1. The lowest BCUT2D eigenvalue weighted by Gasteiger charge is -2.26. The van der Waals surface area contributed by atoms with E-state index in [0.29, 0.717) is 29.5 Å². The van der Waals surface area contributed by atoms with E-state index in [-0.39, 0.29) is 0 Å². The smallest absolute Gasteiger partial charge is 0.414 e. The summed E-state index contributed by atoms with van der Waals surface area (Å²) in [6, 6.07) is 13.3. The van der Waals surface area contributed by atoms with Crippen molar-refractivity contribution in [2.24, 2.45) is 0 Å². The first-order valence-corrected chi connectivity index (χ1v) is 8.99. The molecule has 0 aromatic heterocycles. The van der Waals surface area contributed by atoms with Crippen LogP contribution >= 0.6 is 11.6 Å². The van der Waals surface area contributed by atoms with Crippen LogP contribution < -0.4 is 9.47 Å². The van der Waals surface area contributed by atoms with Crippen LogP contribution in [-0.4, -0.2) is 54.8 Å². The molecule has 1 atom stereocenters. The Hall–Kier alpha value is -2.93. The molecule has 0 unspecified atom stereocenters. The molecule has 2 aromatic carbocycles. The van der Waals surface area contributed by atoms with Crippen LogP contribution in [0.25, 0.3) is 0 Å². The van der Waals surface area contributed by atoms with Crippen molar-refractivity contribution in [3.63, 3.8) is 0 Å². The Morgan fingerprint density at radius 1 is 1.07 bits per heavy atom. The van der Waals surface area contributed by atoms with Crippen molar-refractivity contribution in [3.05, 3.63) is 59.1 Å². The molecule has 0 aliphatic rings. The zero-order chi connectivity index (χ0) is 20.7. The minimum absolute atomic E-state index is 0.306. The van der Waals surface area contributed by atoms with Crippen molar-refractivity contribution in [1.82, 2.24) is 9.80 Å². The maximum atomic E-state index is 11.6. The summed E-state index contributed by atoms with van der Waals surface area (Å²) >= 11 is 5.94. The first kappa shape index (κ1) is 21.4. The summed E-state index contributed by atoms with van der Waals surface area (Å²) in [6.07, 6.45) is -1.09. The molecule has 0 radical (unpaired) electrons. The normalized spacial score (nSPS) is 11.4. The number of rotatable bonds is 7. The summed E-state index contributed by atoms with van der Waals surface area (Å²) in [5, 5.41) is 9.96. The molecule has 0 spiro atoms. The van der Waals surface area contributed by atoms with Gasteiger partial charge in [0.15, 0.2) is 0 Å². The molecule has 150 valence electrons. The van der Waals surface area contributed by atoms with E-state index in [4.69, 9.17) is 21.1 Å². The molecular weight excluding hydrogens is 384 g/mol. The van der Waals surface area contributed by atoms with E-state index in [2.05, 4.69) is 0 Å². The summed E-state index contributed by atoms with van der Waals surface area (Å²) in [7, 11) is 4.69. The second-order valence-electron chi connectivity index (χ2n) is 6.34. The zero-order valence-electron chi connectivity index (χ0n) is 16.0. The highest BCUT2D eigenvalue weighted by molar-refractivity contribution is 6.30. The van der Waals surface area contributed by atoms with Gasteiger partial charge in [0, 0.05) is 32.6 Å². The van der Waals surface area contributed by atoms with Gasteiger partial charge in [-0.25, -0.2) is 9.59 Å². The molecule has 2 amide bonds. The molecule has 8 heteroatoms. The van der Waals surface area contributed by atoms with Crippen LogP contribution in [0.1, 0.15) is 18.0 Å². The largest absolute Gasteiger partial charge is 0.493 e. The summed E-state index contributed by atoms with van der Waals surface area (Å²) in [5.74, 6) is 1.00. The van der Waals surface area contributed by atoms with E-state index < -0.39 is 18.2 Å². The predicted molar refractivity (Wildman–Crippen MR) is 106 cm³/mol. The average molecular weight is 407 g/mol. The van der Waals surface area contributed by atoms with Crippen LogP contribution in [0.3, 0.4) is 0 Å². The van der Waals surface area contributed by atoms with E-state index in [9.17, 15) is 14.7 Å². The highest BCUT2D eigenvalue weighted by atomic mass is 35.5. The third-order valence-electron chi connectivity index (χ3n) is 4.06. The zero-order valence-corrected chi connectivity index (χ0v) is 16.7. The van der Waals surface area contributed by atoms with Crippen LogP contribution in [0.2, 0.25) is 5.02 Å². The van der Waals surface area contributed by atoms with Crippen LogP contribution in [0.4, 0.5) is 9.59 Å². The van der Waals surface area contributed by atoms with Gasteiger partial charge in [-0.05, 0) is 35.9 Å². The first-order valence-electron chi connectivity index (χ1n) is 8.61. The molecule has 0 bridgehead atoms. The van der Waals surface area contributed by atoms with E-state index in [1.54, 1.807) is 62.6 Å². The van der Waals surface area contributed by atoms with Gasteiger partial charge in [-0.15, -0.1) is 0 Å². The third-order valence-corrected chi connectivity index (χ3v) is 4.30. The van der Waals surface area contributed by atoms with Gasteiger partial charge >= 0.3 is 12.2 Å². The fourth-order valence-corrected chi connectivity index (χ4v) is 2.69. The van der Waals surface area contributed by atoms with Crippen LogP contribution in [0, 0.1) is 0 Å². The number of hydrogen-bond acceptors (Lipinski definition) is 4. The molecule has 0 fully saturated rings. The summed E-state index contributed by atoms with van der Waals surface area (Å²) in [5.41, 5.74) is 0.768. The number of hydrogen-bond donors (Lipinski definition) is 1. The summed E-state index contributed by atoms with van der Waals surface area (Å²) in [6.45, 7) is 0.306. The van der Waals surface area contributed by atoms with Crippen molar-refractivity contribution in [1.29, 1.82) is 0 Å².